The van der Waals surface area contributed by atoms with E-state index in [0.29, 0.717) is 20.6 Å². The molecule has 2 aromatic carbocycles. The predicted octanol–water partition coefficient (Wildman–Crippen LogP) is 4.59. The zero-order valence-corrected chi connectivity index (χ0v) is 12.1. The third-order valence-corrected chi connectivity index (χ3v) is 4.04. The van der Waals surface area contributed by atoms with Gasteiger partial charge >= 0.3 is 0 Å². The Morgan fingerprint density at radius 3 is 2.47 bits per heavy atom. The van der Waals surface area contributed by atoms with Gasteiger partial charge in [0.05, 0.1) is 11.1 Å². The molecule has 0 radical (unpaired) electrons. The van der Waals surface area contributed by atoms with E-state index >= 15 is 0 Å². The third kappa shape index (κ3) is 2.86. The van der Waals surface area contributed by atoms with E-state index in [4.69, 9.17) is 11.6 Å². The molecule has 0 saturated carbocycles. The molecule has 1 atom stereocenters. The fourth-order valence-corrected chi connectivity index (χ4v) is 2.36. The van der Waals surface area contributed by atoms with Gasteiger partial charge in [-0.15, -0.1) is 0 Å². The van der Waals surface area contributed by atoms with Crippen molar-refractivity contribution in [2.75, 3.05) is 0 Å². The van der Waals surface area contributed by atoms with Gasteiger partial charge in [0.25, 0.3) is 0 Å². The van der Waals surface area contributed by atoms with Crippen LogP contribution >= 0.6 is 27.5 Å². The predicted molar refractivity (Wildman–Crippen MR) is 78.3 cm³/mol. The highest BCUT2D eigenvalue weighted by Gasteiger charge is 2.24. The molecule has 0 spiro atoms. The number of Topliss-reactive ketones (excluding diaryl/α,β-unsaturated/α-hetero) is 1. The summed E-state index contributed by atoms with van der Waals surface area (Å²) in [5.41, 5.74) is 1.03. The largest absolute Gasteiger partial charge is 0.292 e. The molecular weight excluding hydrogens is 326 g/mol. The quantitative estimate of drug-likeness (QED) is 0.770. The van der Waals surface area contributed by atoms with Crippen LogP contribution in [0.25, 0.3) is 0 Å². The fourth-order valence-electron chi connectivity index (χ4n) is 1.78. The van der Waals surface area contributed by atoms with Gasteiger partial charge in [-0.3, -0.25) is 4.79 Å². The van der Waals surface area contributed by atoms with E-state index < -0.39 is 5.92 Å². The summed E-state index contributed by atoms with van der Waals surface area (Å²) in [6.07, 6.45) is 0. The fraction of sp³-hybridized carbons (Fsp3) is 0.0667. The van der Waals surface area contributed by atoms with Crippen LogP contribution in [0, 0.1) is 11.3 Å². The van der Waals surface area contributed by atoms with E-state index in [2.05, 4.69) is 15.9 Å². The molecule has 0 aliphatic rings. The highest BCUT2D eigenvalue weighted by molar-refractivity contribution is 9.10. The molecule has 0 amide bonds. The number of benzene rings is 2. The molecule has 0 saturated heterocycles. The van der Waals surface area contributed by atoms with Gasteiger partial charge in [0.2, 0.25) is 0 Å². The van der Waals surface area contributed by atoms with Crippen LogP contribution in [0.4, 0.5) is 0 Å². The zero-order valence-electron chi connectivity index (χ0n) is 9.81. The lowest BCUT2D eigenvalue weighted by molar-refractivity contribution is 0.0979. The van der Waals surface area contributed by atoms with Crippen molar-refractivity contribution >= 4 is 33.3 Å². The second kappa shape index (κ2) is 6.01. The molecule has 94 valence electrons. The van der Waals surface area contributed by atoms with Crippen molar-refractivity contribution in [3.05, 3.63) is 69.2 Å². The Hall–Kier alpha value is -1.63. The molecule has 0 fully saturated rings. The summed E-state index contributed by atoms with van der Waals surface area (Å²) in [6, 6.07) is 16.1. The van der Waals surface area contributed by atoms with E-state index in [1.165, 1.54) is 0 Å². The van der Waals surface area contributed by atoms with Gasteiger partial charge in [-0.05, 0) is 33.6 Å². The average Bonchev–Trinajstić information content (AvgIpc) is 2.44. The van der Waals surface area contributed by atoms with Crippen LogP contribution in [0.5, 0.6) is 0 Å². The molecule has 2 aromatic rings. The van der Waals surface area contributed by atoms with Crippen molar-refractivity contribution in [2.45, 2.75) is 5.92 Å². The van der Waals surface area contributed by atoms with E-state index in [1.54, 1.807) is 42.5 Å². The van der Waals surface area contributed by atoms with Crippen molar-refractivity contribution in [1.29, 1.82) is 5.26 Å². The second-order valence-electron chi connectivity index (χ2n) is 3.94. The number of carbonyl (C=O) groups excluding carboxylic acids is 1. The summed E-state index contributed by atoms with van der Waals surface area (Å²) in [5, 5.41) is 9.58. The smallest absolute Gasteiger partial charge is 0.185 e. The molecule has 0 aliphatic carbocycles. The molecule has 2 nitrogen and oxygen atoms in total. The van der Waals surface area contributed by atoms with Crippen molar-refractivity contribution in [3.8, 4) is 6.07 Å². The Morgan fingerprint density at radius 1 is 1.16 bits per heavy atom. The summed E-state index contributed by atoms with van der Waals surface area (Å²) in [7, 11) is 0. The lowest BCUT2D eigenvalue weighted by Gasteiger charge is -2.10. The number of rotatable bonds is 3. The van der Waals surface area contributed by atoms with E-state index in [-0.39, 0.29) is 5.78 Å². The molecular formula is C15H9BrClNO. The number of hydrogen-bond acceptors (Lipinski definition) is 2. The van der Waals surface area contributed by atoms with Gasteiger partial charge in [-0.1, -0.05) is 48.0 Å². The van der Waals surface area contributed by atoms with Gasteiger partial charge in [0, 0.05) is 10.0 Å². The molecule has 19 heavy (non-hydrogen) atoms. The molecule has 0 aliphatic heterocycles. The van der Waals surface area contributed by atoms with Crippen LogP contribution in [-0.2, 0) is 0 Å². The Morgan fingerprint density at radius 2 is 1.84 bits per heavy atom. The Bertz CT molecular complexity index is 649. The molecule has 0 N–H and O–H groups in total. The van der Waals surface area contributed by atoms with Gasteiger partial charge in [0.15, 0.2) is 5.78 Å². The van der Waals surface area contributed by atoms with Gasteiger partial charge in [-0.2, -0.15) is 5.26 Å². The van der Waals surface area contributed by atoms with Crippen molar-refractivity contribution < 1.29 is 4.79 Å². The van der Waals surface area contributed by atoms with Crippen LogP contribution in [0.2, 0.25) is 5.02 Å². The van der Waals surface area contributed by atoms with Crippen molar-refractivity contribution in [2.24, 2.45) is 0 Å². The summed E-state index contributed by atoms with van der Waals surface area (Å²) < 4.78 is 0.643. The first-order valence-corrected chi connectivity index (χ1v) is 6.75. The molecule has 1 unspecified atom stereocenters. The molecule has 2 rings (SSSR count). The van der Waals surface area contributed by atoms with Crippen LogP contribution in [0.1, 0.15) is 21.8 Å². The van der Waals surface area contributed by atoms with Gasteiger partial charge < -0.3 is 0 Å². The van der Waals surface area contributed by atoms with Crippen LogP contribution in [0.3, 0.4) is 0 Å². The highest BCUT2D eigenvalue weighted by atomic mass is 79.9. The van der Waals surface area contributed by atoms with Crippen molar-refractivity contribution in [3.63, 3.8) is 0 Å². The number of nitriles is 1. The SMILES string of the molecule is N#CC(C(=O)c1cccc(Br)c1Cl)c1ccccc1. The van der Waals surface area contributed by atoms with Gasteiger partial charge in [-0.25, -0.2) is 0 Å². The highest BCUT2D eigenvalue weighted by Crippen LogP contribution is 2.30. The molecule has 0 heterocycles. The maximum atomic E-state index is 12.4. The average molecular weight is 335 g/mol. The lowest BCUT2D eigenvalue weighted by Crippen LogP contribution is -2.11. The monoisotopic (exact) mass is 333 g/mol. The topological polar surface area (TPSA) is 40.9 Å². The van der Waals surface area contributed by atoms with E-state index in [9.17, 15) is 10.1 Å². The first-order chi connectivity index (χ1) is 9.15. The normalized spacial score (nSPS) is 11.6. The van der Waals surface area contributed by atoms with E-state index in [1.807, 2.05) is 12.1 Å². The molecule has 0 aromatic heterocycles. The summed E-state index contributed by atoms with van der Waals surface area (Å²) >= 11 is 9.37. The van der Waals surface area contributed by atoms with Crippen LogP contribution < -0.4 is 0 Å². The van der Waals surface area contributed by atoms with Gasteiger partial charge in [0.1, 0.15) is 5.92 Å². The lowest BCUT2D eigenvalue weighted by atomic mass is 9.92. The Balaban J connectivity index is 2.43. The minimum Gasteiger partial charge on any atom is -0.292 e. The summed E-state index contributed by atoms with van der Waals surface area (Å²) in [4.78, 5) is 12.4. The van der Waals surface area contributed by atoms with Crippen molar-refractivity contribution in [1.82, 2.24) is 0 Å². The minimum atomic E-state index is -0.840. The molecule has 0 bridgehead atoms. The van der Waals surface area contributed by atoms with Crippen LogP contribution in [0.15, 0.2) is 53.0 Å². The standard InChI is InChI=1S/C15H9BrClNO/c16-13-8-4-7-11(14(13)17)15(19)12(9-18)10-5-2-1-3-6-10/h1-8,12H. The summed E-state index contributed by atoms with van der Waals surface area (Å²) in [5.74, 6) is -1.13. The zero-order chi connectivity index (χ0) is 13.8. The Labute approximate surface area is 124 Å². The number of hydrogen-bond donors (Lipinski definition) is 0. The summed E-state index contributed by atoms with van der Waals surface area (Å²) in [6.45, 7) is 0. The first kappa shape index (κ1) is 13.8. The Kier molecular flexibility index (Phi) is 4.36. The number of ketones is 1. The second-order valence-corrected chi connectivity index (χ2v) is 5.17. The minimum absolute atomic E-state index is 0.292. The van der Waals surface area contributed by atoms with Crippen LogP contribution in [-0.4, -0.2) is 5.78 Å². The third-order valence-electron chi connectivity index (χ3n) is 2.74. The maximum absolute atomic E-state index is 12.4. The first-order valence-electron chi connectivity index (χ1n) is 5.58. The molecule has 4 heteroatoms. The number of carbonyl (C=O) groups is 1. The number of halogens is 2. The van der Waals surface area contributed by atoms with E-state index in [0.717, 1.165) is 0 Å². The maximum Gasteiger partial charge on any atom is 0.185 e. The number of nitrogens with zero attached hydrogens (tertiary/aromatic N) is 1.